The predicted octanol–water partition coefficient (Wildman–Crippen LogP) is 20.7. The lowest BCUT2D eigenvalue weighted by molar-refractivity contribution is 0.673. The molecule has 0 radical (unpaired) electrons. The van der Waals surface area contributed by atoms with Crippen molar-refractivity contribution in [2.24, 2.45) is 0 Å². The lowest BCUT2D eigenvalue weighted by Crippen LogP contribution is -2.13. The van der Waals surface area contributed by atoms with Gasteiger partial charge in [-0.15, -0.1) is 0 Å². The second-order valence-corrected chi connectivity index (χ2v) is 19.5. The molecule has 0 saturated heterocycles. The zero-order valence-electron chi connectivity index (χ0n) is 40.9. The maximum absolute atomic E-state index is 6.99. The number of hydrogen-bond acceptors (Lipinski definition) is 3. The van der Waals surface area contributed by atoms with Gasteiger partial charge < -0.3 is 14.2 Å². The summed E-state index contributed by atoms with van der Waals surface area (Å²) in [7, 11) is 0. The Hall–Kier alpha value is -9.96. The molecule has 1 aliphatic rings. The van der Waals surface area contributed by atoms with Crippen molar-refractivity contribution in [1.29, 1.82) is 0 Å². The van der Waals surface area contributed by atoms with Gasteiger partial charge in [0.25, 0.3) is 0 Å². The van der Waals surface area contributed by atoms with Crippen molar-refractivity contribution in [1.82, 2.24) is 0 Å². The highest BCUT2D eigenvalue weighted by atomic mass is 16.3. The van der Waals surface area contributed by atoms with Crippen LogP contribution in [0.15, 0.2) is 283 Å². The molecule has 13 aromatic carbocycles. The van der Waals surface area contributed by atoms with Crippen LogP contribution in [0.25, 0.3) is 109 Å². The molecule has 0 aliphatic carbocycles. The van der Waals surface area contributed by atoms with Gasteiger partial charge in [0.05, 0.1) is 11.4 Å². The third-order valence-corrected chi connectivity index (χ3v) is 15.4. The number of furan rings is 1. The third kappa shape index (κ3) is 6.90. The SMILES string of the molecule is c1ccc(-c2ccc(N(c3ccc4c(c3)-c3ccccc3-c3ccccc3N4c3ccccc3)c3ccc4c(c3)c3ccccc3c3ccccc3c3ccccc3c3c4ccc4c5ccccc5oc43)cc2)cc1. The van der Waals surface area contributed by atoms with Crippen molar-refractivity contribution in [3.63, 3.8) is 0 Å². The largest absolute Gasteiger partial charge is 0.455 e. The predicted molar refractivity (Wildman–Crippen MR) is 318 cm³/mol. The van der Waals surface area contributed by atoms with Gasteiger partial charge in [-0.05, 0) is 144 Å². The third-order valence-electron chi connectivity index (χ3n) is 15.4. The molecular formula is C72H46N2O. The Kier molecular flexibility index (Phi) is 9.89. The Morgan fingerprint density at radius 3 is 1.41 bits per heavy atom. The molecule has 0 fully saturated rings. The molecule has 75 heavy (non-hydrogen) atoms. The molecule has 0 saturated carbocycles. The van der Waals surface area contributed by atoms with Gasteiger partial charge in [0.1, 0.15) is 11.2 Å². The van der Waals surface area contributed by atoms with E-state index in [-0.39, 0.29) is 0 Å². The smallest absolute Gasteiger partial charge is 0.143 e. The van der Waals surface area contributed by atoms with E-state index in [1.165, 1.54) is 49.4 Å². The normalized spacial score (nSPS) is 12.0. The fourth-order valence-electron chi connectivity index (χ4n) is 12.0. The standard InChI is InChI=1S/C72H46N2O/c1-3-19-47(20-4-1)48-35-37-50(38-36-48)73(52-40-44-69-67(46-52)59-29-12-10-26-56(59)61-30-15-17-33-68(61)74(69)49-21-5-2-6-22-49)51-39-41-60-64-42-43-65-62-31-16-18-34-70(62)75-72(65)71(64)63-32-14-13-27-57(63)54-24-8-7-23-53(54)55-25-9-11-28-58(55)66(60)45-51/h1-46H. The fraction of sp³-hybridized carbons (Fsp3) is 0. The first-order valence-electron chi connectivity index (χ1n) is 25.7. The minimum absolute atomic E-state index is 0.880. The van der Waals surface area contributed by atoms with Crippen LogP contribution in [-0.2, 0) is 0 Å². The van der Waals surface area contributed by atoms with Crippen LogP contribution in [-0.4, -0.2) is 0 Å². The molecule has 3 nitrogen and oxygen atoms in total. The summed E-state index contributed by atoms with van der Waals surface area (Å²) in [4.78, 5) is 4.87. The van der Waals surface area contributed by atoms with E-state index in [1.807, 2.05) is 0 Å². The number of rotatable bonds is 5. The van der Waals surface area contributed by atoms with Crippen LogP contribution in [0.1, 0.15) is 0 Å². The lowest BCUT2D eigenvalue weighted by Gasteiger charge is -2.30. The molecule has 2 heterocycles. The molecule has 14 aromatic rings. The zero-order chi connectivity index (χ0) is 49.4. The molecule has 3 heteroatoms. The van der Waals surface area contributed by atoms with Crippen LogP contribution in [0.2, 0.25) is 0 Å². The van der Waals surface area contributed by atoms with Crippen LogP contribution < -0.4 is 9.80 Å². The minimum atomic E-state index is 0.880. The molecule has 0 atom stereocenters. The van der Waals surface area contributed by atoms with Crippen molar-refractivity contribution >= 4 is 110 Å². The first-order chi connectivity index (χ1) is 37.2. The second kappa shape index (κ2) is 17.4. The summed E-state index contributed by atoms with van der Waals surface area (Å²) >= 11 is 0. The van der Waals surface area contributed by atoms with Crippen molar-refractivity contribution in [3.05, 3.63) is 279 Å². The Labute approximate surface area is 434 Å². The number of nitrogens with zero attached hydrogens (tertiary/aromatic N) is 2. The highest BCUT2D eigenvalue weighted by molar-refractivity contribution is 6.31. The molecule has 0 N–H and O–H groups in total. The number of fused-ring (bicyclic) bond motifs is 19. The van der Waals surface area contributed by atoms with E-state index in [0.717, 1.165) is 93.9 Å². The van der Waals surface area contributed by atoms with Gasteiger partial charge in [0.2, 0.25) is 0 Å². The van der Waals surface area contributed by atoms with Crippen molar-refractivity contribution in [2.75, 3.05) is 9.80 Å². The zero-order valence-corrected chi connectivity index (χ0v) is 40.9. The highest BCUT2D eigenvalue weighted by Crippen LogP contribution is 2.53. The van der Waals surface area contributed by atoms with Gasteiger partial charge >= 0.3 is 0 Å². The molecule has 15 rings (SSSR count). The van der Waals surface area contributed by atoms with Gasteiger partial charge in [-0.1, -0.05) is 206 Å². The summed E-state index contributed by atoms with van der Waals surface area (Å²) in [6.45, 7) is 0. The number of hydrogen-bond donors (Lipinski definition) is 0. The Morgan fingerprint density at radius 1 is 0.267 bits per heavy atom. The summed E-state index contributed by atoms with van der Waals surface area (Å²) < 4.78 is 6.99. The van der Waals surface area contributed by atoms with E-state index in [9.17, 15) is 0 Å². The van der Waals surface area contributed by atoms with Crippen LogP contribution in [0.4, 0.5) is 34.1 Å². The molecule has 350 valence electrons. The Bertz CT molecular complexity index is 4650. The van der Waals surface area contributed by atoms with Crippen LogP contribution in [0.3, 0.4) is 0 Å². The highest BCUT2D eigenvalue weighted by Gasteiger charge is 2.27. The average molecular weight is 955 g/mol. The number of benzene rings is 12. The Morgan fingerprint density at radius 2 is 0.707 bits per heavy atom. The van der Waals surface area contributed by atoms with E-state index in [1.54, 1.807) is 0 Å². The van der Waals surface area contributed by atoms with Gasteiger partial charge in [0.15, 0.2) is 0 Å². The van der Waals surface area contributed by atoms with E-state index in [4.69, 9.17) is 4.42 Å². The monoisotopic (exact) mass is 954 g/mol. The maximum Gasteiger partial charge on any atom is 0.143 e. The molecule has 0 amide bonds. The van der Waals surface area contributed by atoms with Crippen molar-refractivity contribution in [2.45, 2.75) is 0 Å². The second-order valence-electron chi connectivity index (χ2n) is 19.5. The van der Waals surface area contributed by atoms with Gasteiger partial charge in [-0.2, -0.15) is 0 Å². The van der Waals surface area contributed by atoms with Crippen LogP contribution >= 0.6 is 0 Å². The van der Waals surface area contributed by atoms with Crippen LogP contribution in [0, 0.1) is 0 Å². The van der Waals surface area contributed by atoms with E-state index in [2.05, 4.69) is 289 Å². The lowest BCUT2D eigenvalue weighted by atomic mass is 9.93. The molecule has 1 aromatic heterocycles. The van der Waals surface area contributed by atoms with Gasteiger partial charge in [-0.3, -0.25) is 0 Å². The van der Waals surface area contributed by atoms with Crippen molar-refractivity contribution in [3.8, 4) is 33.4 Å². The maximum atomic E-state index is 6.99. The van der Waals surface area contributed by atoms with E-state index < -0.39 is 0 Å². The average Bonchev–Trinajstić information content (AvgIpc) is 3.86. The first kappa shape index (κ1) is 42.7. The van der Waals surface area contributed by atoms with E-state index in [0.29, 0.717) is 0 Å². The first-order valence-corrected chi connectivity index (χ1v) is 25.7. The minimum Gasteiger partial charge on any atom is -0.455 e. The fourth-order valence-corrected chi connectivity index (χ4v) is 12.0. The number of para-hydroxylation sites is 3. The summed E-state index contributed by atoms with van der Waals surface area (Å²) in [6, 6.07) is 102. The van der Waals surface area contributed by atoms with Gasteiger partial charge in [-0.25, -0.2) is 0 Å². The molecular weight excluding hydrogens is 909 g/mol. The van der Waals surface area contributed by atoms with Crippen LogP contribution in [0.5, 0.6) is 0 Å². The molecule has 0 spiro atoms. The summed E-state index contributed by atoms with van der Waals surface area (Å²) in [5.41, 5.74) is 15.4. The molecule has 0 bridgehead atoms. The van der Waals surface area contributed by atoms with Crippen molar-refractivity contribution < 1.29 is 4.42 Å². The molecule has 0 unspecified atom stereocenters. The Balaban J connectivity index is 1.06. The summed E-state index contributed by atoms with van der Waals surface area (Å²) in [6.07, 6.45) is 0. The topological polar surface area (TPSA) is 19.6 Å². The van der Waals surface area contributed by atoms with E-state index >= 15 is 0 Å². The summed E-state index contributed by atoms with van der Waals surface area (Å²) in [5, 5.41) is 13.7. The summed E-state index contributed by atoms with van der Waals surface area (Å²) in [5.74, 6) is 0. The quantitative estimate of drug-likeness (QED) is 0.171. The van der Waals surface area contributed by atoms with Gasteiger partial charge in [0, 0.05) is 50.0 Å². The number of anilines is 6. The molecule has 1 aliphatic heterocycles.